The Morgan fingerprint density at radius 1 is 0.462 bits per heavy atom. The number of aromatic amines is 1. The monoisotopic (exact) mass is 497 g/mol. The highest BCUT2D eigenvalue weighted by Crippen LogP contribution is 2.39. The first-order valence-corrected chi connectivity index (χ1v) is 13.2. The lowest BCUT2D eigenvalue weighted by atomic mass is 10.0. The SMILES string of the molecule is c1ccc(-c2cccc3c2[nH]c2ccccc23)cc1.c1ccc2c(c1)N=c1ccc3c(c1-2)N=c1ccccc1=3. The molecule has 0 bridgehead atoms. The third-order valence-electron chi connectivity index (χ3n) is 7.62. The highest BCUT2D eigenvalue weighted by Gasteiger charge is 2.19. The van der Waals surface area contributed by atoms with Gasteiger partial charge in [-0.15, -0.1) is 0 Å². The van der Waals surface area contributed by atoms with Crippen molar-refractivity contribution in [3.63, 3.8) is 0 Å². The summed E-state index contributed by atoms with van der Waals surface area (Å²) in [5.41, 5.74) is 9.40. The zero-order chi connectivity index (χ0) is 25.8. The molecule has 1 N–H and O–H groups in total. The largest absolute Gasteiger partial charge is 0.354 e. The maximum Gasteiger partial charge on any atom is 0.0817 e. The van der Waals surface area contributed by atoms with Gasteiger partial charge in [-0.05, 0) is 35.9 Å². The smallest absolute Gasteiger partial charge is 0.0817 e. The normalized spacial score (nSPS) is 12.0. The van der Waals surface area contributed by atoms with Crippen LogP contribution in [0.4, 0.5) is 11.4 Å². The maximum absolute atomic E-state index is 4.83. The van der Waals surface area contributed by atoms with Gasteiger partial charge in [-0.1, -0.05) is 103 Å². The van der Waals surface area contributed by atoms with Crippen molar-refractivity contribution in [2.24, 2.45) is 9.98 Å². The summed E-state index contributed by atoms with van der Waals surface area (Å²) in [6.45, 7) is 0. The molecule has 0 unspecified atom stereocenters. The molecular weight excluding hydrogens is 474 g/mol. The summed E-state index contributed by atoms with van der Waals surface area (Å²) >= 11 is 0. The molecule has 3 nitrogen and oxygen atoms in total. The van der Waals surface area contributed by atoms with Gasteiger partial charge in [0.25, 0.3) is 0 Å². The summed E-state index contributed by atoms with van der Waals surface area (Å²) in [4.78, 5) is 13.1. The van der Waals surface area contributed by atoms with Gasteiger partial charge in [0.2, 0.25) is 0 Å². The van der Waals surface area contributed by atoms with Crippen LogP contribution in [0.25, 0.3) is 44.1 Å². The summed E-state index contributed by atoms with van der Waals surface area (Å²) in [5.74, 6) is 0. The zero-order valence-electron chi connectivity index (χ0n) is 21.1. The number of para-hydroxylation sites is 4. The number of hydrogen-bond donors (Lipinski definition) is 1. The Bertz CT molecular complexity index is 2280. The van der Waals surface area contributed by atoms with Crippen molar-refractivity contribution in [1.82, 2.24) is 4.98 Å². The molecule has 0 aliphatic carbocycles. The Labute approximate surface area is 224 Å². The molecule has 9 rings (SSSR count). The van der Waals surface area contributed by atoms with Crippen LogP contribution in [-0.2, 0) is 0 Å². The van der Waals surface area contributed by atoms with E-state index in [1.165, 1.54) is 54.5 Å². The Morgan fingerprint density at radius 2 is 1.21 bits per heavy atom. The molecule has 182 valence electrons. The second kappa shape index (κ2) is 8.64. The van der Waals surface area contributed by atoms with Crippen molar-refractivity contribution in [3.8, 4) is 22.3 Å². The van der Waals surface area contributed by atoms with Crippen molar-refractivity contribution >= 4 is 33.2 Å². The number of fused-ring (bicyclic) bond motifs is 9. The average molecular weight is 498 g/mol. The third kappa shape index (κ3) is 3.44. The Balaban J connectivity index is 0.000000121. The second-order valence-electron chi connectivity index (χ2n) is 9.88. The van der Waals surface area contributed by atoms with Crippen LogP contribution >= 0.6 is 0 Å². The third-order valence-corrected chi connectivity index (χ3v) is 7.62. The quantitative estimate of drug-likeness (QED) is 0.238. The molecule has 6 aromatic carbocycles. The summed E-state index contributed by atoms with van der Waals surface area (Å²) in [5, 5.41) is 7.09. The highest BCUT2D eigenvalue weighted by molar-refractivity contribution is 6.11. The molecule has 0 saturated heterocycles. The van der Waals surface area contributed by atoms with Gasteiger partial charge < -0.3 is 4.98 Å². The van der Waals surface area contributed by atoms with Crippen LogP contribution in [0.3, 0.4) is 0 Å². The molecule has 0 amide bonds. The predicted octanol–water partition coefficient (Wildman–Crippen LogP) is 8.16. The van der Waals surface area contributed by atoms with Crippen molar-refractivity contribution in [2.75, 3.05) is 0 Å². The average Bonchev–Trinajstić information content (AvgIpc) is 3.68. The van der Waals surface area contributed by atoms with E-state index in [9.17, 15) is 0 Å². The Kier molecular flexibility index (Phi) is 4.82. The fourth-order valence-corrected chi connectivity index (χ4v) is 5.84. The Morgan fingerprint density at radius 3 is 2.15 bits per heavy atom. The minimum Gasteiger partial charge on any atom is -0.354 e. The minimum absolute atomic E-state index is 1.03. The van der Waals surface area contributed by atoms with Gasteiger partial charge in [-0.2, -0.15) is 0 Å². The van der Waals surface area contributed by atoms with E-state index in [1.54, 1.807) is 0 Å². The van der Waals surface area contributed by atoms with Gasteiger partial charge in [-0.3, -0.25) is 0 Å². The van der Waals surface area contributed by atoms with E-state index in [4.69, 9.17) is 9.98 Å². The molecular formula is C36H23N3. The van der Waals surface area contributed by atoms with Crippen molar-refractivity contribution in [3.05, 3.63) is 155 Å². The lowest BCUT2D eigenvalue weighted by molar-refractivity contribution is 1.36. The van der Waals surface area contributed by atoms with E-state index in [2.05, 4.69) is 126 Å². The topological polar surface area (TPSA) is 40.5 Å². The molecule has 3 heteroatoms. The van der Waals surface area contributed by atoms with Crippen molar-refractivity contribution in [2.45, 2.75) is 0 Å². The van der Waals surface area contributed by atoms with Crippen LogP contribution in [0.1, 0.15) is 0 Å². The molecule has 0 spiro atoms. The van der Waals surface area contributed by atoms with Gasteiger partial charge in [0.1, 0.15) is 0 Å². The van der Waals surface area contributed by atoms with E-state index < -0.39 is 0 Å². The molecule has 0 fully saturated rings. The van der Waals surface area contributed by atoms with Crippen LogP contribution < -0.4 is 10.7 Å². The standard InChI is InChI=1S/C18H10N2.C18H13N/c1-3-7-14-11(5-1)12-9-10-16-17(18(12)20-14)13-6-2-4-8-15(13)19-16;1-2-7-13(8-3-1)14-10-6-11-16-15-9-4-5-12-17(15)19-18(14)16/h1-10H;1-12,19H. The fraction of sp³-hybridized carbons (Fsp3) is 0. The first-order valence-electron chi connectivity index (χ1n) is 13.2. The molecule has 2 aliphatic rings. The number of rotatable bonds is 1. The molecule has 2 aliphatic heterocycles. The highest BCUT2D eigenvalue weighted by atomic mass is 14.8. The predicted molar refractivity (Wildman–Crippen MR) is 159 cm³/mol. The van der Waals surface area contributed by atoms with Gasteiger partial charge in [0.15, 0.2) is 0 Å². The Hall–Kier alpha value is -5.28. The number of nitrogens with one attached hydrogen (secondary N) is 1. The molecule has 0 saturated carbocycles. The van der Waals surface area contributed by atoms with E-state index in [-0.39, 0.29) is 0 Å². The maximum atomic E-state index is 4.83. The van der Waals surface area contributed by atoms with Crippen LogP contribution in [0.15, 0.2) is 143 Å². The van der Waals surface area contributed by atoms with Crippen LogP contribution in [-0.4, -0.2) is 4.98 Å². The van der Waals surface area contributed by atoms with Crippen LogP contribution in [0, 0.1) is 10.4 Å². The van der Waals surface area contributed by atoms with E-state index in [1.807, 2.05) is 12.1 Å². The molecule has 0 atom stereocenters. The van der Waals surface area contributed by atoms with E-state index >= 15 is 0 Å². The van der Waals surface area contributed by atoms with Gasteiger partial charge >= 0.3 is 0 Å². The minimum atomic E-state index is 1.03. The summed E-state index contributed by atoms with van der Waals surface area (Å²) in [7, 11) is 0. The molecule has 1 aromatic heterocycles. The van der Waals surface area contributed by atoms with Gasteiger partial charge in [-0.25, -0.2) is 9.98 Å². The van der Waals surface area contributed by atoms with Crippen molar-refractivity contribution in [1.29, 1.82) is 0 Å². The number of aromatic nitrogens is 1. The molecule has 39 heavy (non-hydrogen) atoms. The second-order valence-corrected chi connectivity index (χ2v) is 9.88. The zero-order valence-corrected chi connectivity index (χ0v) is 21.1. The lowest BCUT2D eigenvalue weighted by Crippen LogP contribution is -2.00. The molecule has 7 aromatic rings. The number of H-pyrrole nitrogens is 1. The number of benzene rings is 6. The first kappa shape index (κ1) is 21.8. The van der Waals surface area contributed by atoms with Crippen LogP contribution in [0.2, 0.25) is 0 Å². The van der Waals surface area contributed by atoms with Crippen LogP contribution in [0.5, 0.6) is 0 Å². The summed E-state index contributed by atoms with van der Waals surface area (Å²) in [6.07, 6.45) is 0. The molecule has 3 heterocycles. The lowest BCUT2D eigenvalue weighted by Gasteiger charge is -2.03. The summed E-state index contributed by atoms with van der Waals surface area (Å²) in [6, 6.07) is 46.3. The number of hydrogen-bond acceptors (Lipinski definition) is 2. The van der Waals surface area contributed by atoms with Gasteiger partial charge in [0, 0.05) is 43.4 Å². The first-order chi connectivity index (χ1) is 19.3. The number of nitrogens with zero attached hydrogens (tertiary/aromatic N) is 2. The molecule has 0 radical (unpaired) electrons. The van der Waals surface area contributed by atoms with Gasteiger partial charge in [0.05, 0.1) is 27.6 Å². The van der Waals surface area contributed by atoms with E-state index in [0.717, 1.165) is 22.1 Å². The fourth-order valence-electron chi connectivity index (χ4n) is 5.84. The van der Waals surface area contributed by atoms with E-state index in [0.29, 0.717) is 0 Å². The summed E-state index contributed by atoms with van der Waals surface area (Å²) < 4.78 is 0. The van der Waals surface area contributed by atoms with Crippen molar-refractivity contribution < 1.29 is 0 Å².